The van der Waals surface area contributed by atoms with Crippen LogP contribution in [0.1, 0.15) is 12.8 Å². The van der Waals surface area contributed by atoms with E-state index in [0.717, 1.165) is 36.3 Å². The summed E-state index contributed by atoms with van der Waals surface area (Å²) in [5, 5.41) is 5.36. The Hall–Kier alpha value is -4.14. The van der Waals surface area contributed by atoms with Gasteiger partial charge in [-0.25, -0.2) is 4.79 Å². The fraction of sp³-hybridized carbons (Fsp3) is 0.125. The van der Waals surface area contributed by atoms with Gasteiger partial charge in [0.1, 0.15) is 17.8 Å². The van der Waals surface area contributed by atoms with Crippen molar-refractivity contribution in [2.24, 2.45) is 0 Å². The van der Waals surface area contributed by atoms with Gasteiger partial charge >= 0.3 is 12.4 Å². The number of benzene rings is 2. The standard InChI is InChI=1S/C24H20F3N3O3/c25-24(26,27)33-19-12-10-18(11-13-19)28-23(31)29-20-8-4-5-9-21(20)30-14-15-32-22(16-30)17-6-2-1-3-7-17/h1-2,4-6,8-16H,3,7H2,(H2,28,29,31). The third kappa shape index (κ3) is 5.97. The predicted molar refractivity (Wildman–Crippen MR) is 119 cm³/mol. The van der Waals surface area contributed by atoms with E-state index in [-0.39, 0.29) is 5.75 Å². The molecule has 33 heavy (non-hydrogen) atoms. The van der Waals surface area contributed by atoms with Crippen molar-refractivity contribution in [2.75, 3.05) is 15.5 Å². The van der Waals surface area contributed by atoms with Crippen LogP contribution in [0.4, 0.5) is 35.0 Å². The van der Waals surface area contributed by atoms with Crippen LogP contribution in [0.5, 0.6) is 5.75 Å². The average molecular weight is 455 g/mol. The molecule has 0 radical (unpaired) electrons. The first kappa shape index (κ1) is 22.1. The summed E-state index contributed by atoms with van der Waals surface area (Å²) in [5.41, 5.74) is 2.63. The first-order chi connectivity index (χ1) is 15.9. The number of para-hydroxylation sites is 2. The van der Waals surface area contributed by atoms with Crippen LogP contribution in [0.25, 0.3) is 0 Å². The van der Waals surface area contributed by atoms with E-state index >= 15 is 0 Å². The molecule has 0 fully saturated rings. The molecule has 2 aliphatic rings. The smallest absolute Gasteiger partial charge is 0.462 e. The van der Waals surface area contributed by atoms with E-state index in [4.69, 9.17) is 4.74 Å². The second-order valence-corrected chi connectivity index (χ2v) is 7.13. The van der Waals surface area contributed by atoms with Gasteiger partial charge in [-0.3, -0.25) is 0 Å². The number of amides is 2. The summed E-state index contributed by atoms with van der Waals surface area (Å²) in [7, 11) is 0. The van der Waals surface area contributed by atoms with Crippen molar-refractivity contribution in [1.82, 2.24) is 0 Å². The normalized spacial score (nSPS) is 15.3. The van der Waals surface area contributed by atoms with Gasteiger partial charge in [-0.05, 0) is 54.8 Å². The molecule has 2 amide bonds. The zero-order valence-electron chi connectivity index (χ0n) is 17.3. The number of hydrogen-bond acceptors (Lipinski definition) is 4. The van der Waals surface area contributed by atoms with E-state index < -0.39 is 12.4 Å². The Morgan fingerprint density at radius 3 is 2.58 bits per heavy atom. The second kappa shape index (κ2) is 9.56. The highest BCUT2D eigenvalue weighted by Crippen LogP contribution is 2.31. The summed E-state index contributed by atoms with van der Waals surface area (Å²) in [6, 6.07) is 11.6. The molecule has 1 aliphatic heterocycles. The van der Waals surface area contributed by atoms with Gasteiger partial charge in [-0.15, -0.1) is 13.2 Å². The summed E-state index contributed by atoms with van der Waals surface area (Å²) < 4.78 is 46.4. The summed E-state index contributed by atoms with van der Waals surface area (Å²) in [6.07, 6.45) is 8.30. The second-order valence-electron chi connectivity index (χ2n) is 7.13. The van der Waals surface area contributed by atoms with E-state index in [0.29, 0.717) is 17.1 Å². The number of carbonyl (C=O) groups is 1. The van der Waals surface area contributed by atoms with Crippen molar-refractivity contribution in [3.63, 3.8) is 0 Å². The average Bonchev–Trinajstić information content (AvgIpc) is 2.80. The van der Waals surface area contributed by atoms with Crippen molar-refractivity contribution < 1.29 is 27.4 Å². The molecule has 0 unspecified atom stereocenters. The highest BCUT2D eigenvalue weighted by molar-refractivity contribution is 6.02. The molecular weight excluding hydrogens is 435 g/mol. The lowest BCUT2D eigenvalue weighted by atomic mass is 10.0. The summed E-state index contributed by atoms with van der Waals surface area (Å²) in [4.78, 5) is 14.4. The maximum atomic E-state index is 12.5. The van der Waals surface area contributed by atoms with Crippen molar-refractivity contribution in [2.45, 2.75) is 19.2 Å². The minimum atomic E-state index is -4.78. The Bertz CT molecular complexity index is 1140. The minimum absolute atomic E-state index is 0.310. The lowest BCUT2D eigenvalue weighted by Gasteiger charge is -2.25. The number of rotatable bonds is 5. The number of alkyl halides is 3. The van der Waals surface area contributed by atoms with Crippen molar-refractivity contribution in [1.29, 1.82) is 0 Å². The Balaban J connectivity index is 1.45. The van der Waals surface area contributed by atoms with Crippen LogP contribution < -0.4 is 20.3 Å². The Morgan fingerprint density at radius 2 is 1.85 bits per heavy atom. The van der Waals surface area contributed by atoms with Crippen LogP contribution in [0.3, 0.4) is 0 Å². The summed E-state index contributed by atoms with van der Waals surface area (Å²) in [5.74, 6) is 0.353. The molecule has 0 bridgehead atoms. The molecule has 4 rings (SSSR count). The van der Waals surface area contributed by atoms with E-state index in [9.17, 15) is 18.0 Å². The number of nitrogens with one attached hydrogen (secondary N) is 2. The van der Waals surface area contributed by atoms with E-state index in [2.05, 4.69) is 21.4 Å². The number of hydrogen-bond donors (Lipinski definition) is 2. The highest BCUT2D eigenvalue weighted by atomic mass is 19.4. The van der Waals surface area contributed by atoms with Gasteiger partial charge in [0.25, 0.3) is 0 Å². The zero-order chi connectivity index (χ0) is 23.3. The molecule has 170 valence electrons. The fourth-order valence-corrected chi connectivity index (χ4v) is 3.31. The third-order valence-electron chi connectivity index (χ3n) is 4.78. The molecule has 6 nitrogen and oxygen atoms in total. The number of allylic oxidation sites excluding steroid dienone is 4. The number of halogens is 3. The molecular formula is C24H20F3N3O3. The van der Waals surface area contributed by atoms with Crippen molar-refractivity contribution in [3.05, 3.63) is 96.8 Å². The van der Waals surface area contributed by atoms with Gasteiger partial charge in [0, 0.05) is 11.9 Å². The van der Waals surface area contributed by atoms with Gasteiger partial charge in [-0.1, -0.05) is 30.4 Å². The predicted octanol–water partition coefficient (Wildman–Crippen LogP) is 6.65. The number of ether oxygens (including phenoxy) is 2. The highest BCUT2D eigenvalue weighted by Gasteiger charge is 2.31. The minimum Gasteiger partial charge on any atom is -0.462 e. The van der Waals surface area contributed by atoms with Gasteiger partial charge < -0.3 is 25.0 Å². The maximum Gasteiger partial charge on any atom is 0.573 e. The van der Waals surface area contributed by atoms with Gasteiger partial charge in [0.2, 0.25) is 0 Å². The van der Waals surface area contributed by atoms with Crippen molar-refractivity contribution in [3.8, 4) is 5.75 Å². The number of carbonyl (C=O) groups excluding carboxylic acids is 1. The molecule has 2 aromatic carbocycles. The van der Waals surface area contributed by atoms with Crippen LogP contribution in [0.15, 0.2) is 96.8 Å². The Morgan fingerprint density at radius 1 is 1.06 bits per heavy atom. The van der Waals surface area contributed by atoms with Gasteiger partial charge in [0.05, 0.1) is 17.6 Å². The van der Waals surface area contributed by atoms with E-state index in [1.54, 1.807) is 24.6 Å². The topological polar surface area (TPSA) is 62.8 Å². The first-order valence-electron chi connectivity index (χ1n) is 10.1. The van der Waals surface area contributed by atoms with Crippen LogP contribution >= 0.6 is 0 Å². The van der Waals surface area contributed by atoms with Crippen LogP contribution in [0, 0.1) is 0 Å². The molecule has 2 aromatic rings. The number of anilines is 3. The SMILES string of the molecule is O=C(Nc1ccc(OC(F)(F)F)cc1)Nc1ccccc1N1C=COC(C2=CC=CCC2)=C1. The molecule has 0 saturated heterocycles. The van der Waals surface area contributed by atoms with Crippen LogP contribution in [-0.4, -0.2) is 12.4 Å². The monoisotopic (exact) mass is 455 g/mol. The molecule has 0 aromatic heterocycles. The molecule has 2 N–H and O–H groups in total. The lowest BCUT2D eigenvalue weighted by Crippen LogP contribution is -2.22. The number of urea groups is 1. The zero-order valence-corrected chi connectivity index (χ0v) is 17.3. The molecule has 1 aliphatic carbocycles. The summed E-state index contributed by atoms with van der Waals surface area (Å²) >= 11 is 0. The molecule has 1 heterocycles. The van der Waals surface area contributed by atoms with Gasteiger partial charge in [-0.2, -0.15) is 0 Å². The Labute approximate surface area is 188 Å². The maximum absolute atomic E-state index is 12.5. The lowest BCUT2D eigenvalue weighted by molar-refractivity contribution is -0.274. The quantitative estimate of drug-likeness (QED) is 0.530. The van der Waals surface area contributed by atoms with E-state index in [1.165, 1.54) is 12.1 Å². The molecule has 9 heteroatoms. The third-order valence-corrected chi connectivity index (χ3v) is 4.78. The first-order valence-corrected chi connectivity index (χ1v) is 10.1. The van der Waals surface area contributed by atoms with Crippen LogP contribution in [0.2, 0.25) is 0 Å². The van der Waals surface area contributed by atoms with Crippen LogP contribution in [-0.2, 0) is 4.74 Å². The molecule has 0 atom stereocenters. The molecule has 0 spiro atoms. The van der Waals surface area contributed by atoms with Gasteiger partial charge in [0.15, 0.2) is 0 Å². The fourth-order valence-electron chi connectivity index (χ4n) is 3.31. The summed E-state index contributed by atoms with van der Waals surface area (Å²) in [6.45, 7) is 0. The van der Waals surface area contributed by atoms with E-state index in [1.807, 2.05) is 35.4 Å². The van der Waals surface area contributed by atoms with Crippen molar-refractivity contribution >= 4 is 23.1 Å². The Kier molecular flexibility index (Phi) is 6.39. The molecule has 0 saturated carbocycles. The number of nitrogens with zero attached hydrogens (tertiary/aromatic N) is 1. The largest absolute Gasteiger partial charge is 0.573 e.